The smallest absolute Gasteiger partial charge is 0.0792 e. The van der Waals surface area contributed by atoms with Crippen molar-refractivity contribution in [3.8, 4) is 0 Å². The summed E-state index contributed by atoms with van der Waals surface area (Å²) in [7, 11) is 2.20. The van der Waals surface area contributed by atoms with Gasteiger partial charge in [-0.15, -0.1) is 11.8 Å². The largest absolute Gasteiger partial charge is 0.374 e. The molecule has 0 aromatic heterocycles. The van der Waals surface area contributed by atoms with Crippen LogP contribution < -0.4 is 10.2 Å². The number of hydrogen-bond donors (Lipinski definition) is 1. The summed E-state index contributed by atoms with van der Waals surface area (Å²) in [5, 5.41) is 4.23. The zero-order valence-electron chi connectivity index (χ0n) is 11.3. The van der Waals surface area contributed by atoms with Gasteiger partial charge in [-0.25, -0.2) is 0 Å². The van der Waals surface area contributed by atoms with Crippen molar-refractivity contribution in [1.29, 1.82) is 0 Å². The van der Waals surface area contributed by atoms with Gasteiger partial charge < -0.3 is 4.90 Å². The third-order valence-corrected chi connectivity index (χ3v) is 5.44. The molecule has 1 aromatic carbocycles. The van der Waals surface area contributed by atoms with E-state index in [2.05, 4.69) is 54.1 Å². The van der Waals surface area contributed by atoms with Gasteiger partial charge in [0, 0.05) is 31.1 Å². The Labute approximate surface area is 114 Å². The van der Waals surface area contributed by atoms with Gasteiger partial charge >= 0.3 is 0 Å². The Balaban J connectivity index is 1.82. The zero-order valence-corrected chi connectivity index (χ0v) is 12.1. The van der Waals surface area contributed by atoms with Crippen molar-refractivity contribution in [2.24, 2.45) is 0 Å². The Morgan fingerprint density at radius 3 is 3.11 bits per heavy atom. The lowest BCUT2D eigenvalue weighted by atomic mass is 9.99. The predicted octanol–water partition coefficient (Wildman–Crippen LogP) is 3.18. The van der Waals surface area contributed by atoms with Crippen LogP contribution >= 0.6 is 11.8 Å². The summed E-state index contributed by atoms with van der Waals surface area (Å²) in [6.45, 7) is 3.46. The van der Waals surface area contributed by atoms with E-state index in [1.807, 2.05) is 0 Å². The fraction of sp³-hybridized carbons (Fsp3) is 0.600. The van der Waals surface area contributed by atoms with Crippen molar-refractivity contribution in [3.63, 3.8) is 0 Å². The first kappa shape index (κ1) is 12.4. The molecule has 1 N–H and O–H groups in total. The molecule has 1 fully saturated rings. The van der Waals surface area contributed by atoms with Crippen molar-refractivity contribution in [3.05, 3.63) is 29.3 Å². The van der Waals surface area contributed by atoms with Crippen LogP contribution in [0, 0.1) is 0 Å². The average molecular weight is 262 g/mol. The van der Waals surface area contributed by atoms with Crippen molar-refractivity contribution in [2.75, 3.05) is 24.2 Å². The molecule has 0 radical (unpaired) electrons. The van der Waals surface area contributed by atoms with Crippen LogP contribution in [0.5, 0.6) is 0 Å². The molecule has 0 bridgehead atoms. The normalized spacial score (nSPS) is 27.3. The van der Waals surface area contributed by atoms with Gasteiger partial charge in [-0.1, -0.05) is 19.1 Å². The Hall–Kier alpha value is -0.670. The third-order valence-electron chi connectivity index (χ3n) is 4.10. The van der Waals surface area contributed by atoms with E-state index in [9.17, 15) is 0 Å². The minimum atomic E-state index is 0.507. The van der Waals surface area contributed by atoms with Gasteiger partial charge in [-0.2, -0.15) is 0 Å². The summed E-state index contributed by atoms with van der Waals surface area (Å²) >= 11 is 2.05. The lowest BCUT2D eigenvalue weighted by Crippen LogP contribution is -2.26. The van der Waals surface area contributed by atoms with Gasteiger partial charge in [0.1, 0.15) is 0 Å². The number of hydrogen-bond acceptors (Lipinski definition) is 3. The number of aryl methyl sites for hydroxylation is 1. The second-order valence-electron chi connectivity index (χ2n) is 5.40. The van der Waals surface area contributed by atoms with Crippen LogP contribution in [-0.4, -0.2) is 25.4 Å². The number of nitrogens with zero attached hydrogens (tertiary/aromatic N) is 1. The molecular formula is C15H22N2S. The molecule has 98 valence electrons. The topological polar surface area (TPSA) is 15.3 Å². The summed E-state index contributed by atoms with van der Waals surface area (Å²) in [5.41, 5.74) is 4.42. The molecule has 0 saturated carbocycles. The van der Waals surface area contributed by atoms with Crippen LogP contribution in [0.2, 0.25) is 0 Å². The minimum absolute atomic E-state index is 0.507. The van der Waals surface area contributed by atoms with E-state index in [4.69, 9.17) is 0 Å². The molecule has 0 aliphatic carbocycles. The van der Waals surface area contributed by atoms with E-state index in [0.717, 1.165) is 0 Å². The highest BCUT2D eigenvalue weighted by molar-refractivity contribution is 7.99. The first-order valence-electron chi connectivity index (χ1n) is 6.99. The molecule has 3 rings (SSSR count). The highest BCUT2D eigenvalue weighted by atomic mass is 32.2. The lowest BCUT2D eigenvalue weighted by Gasteiger charge is -2.28. The number of rotatable bonds is 2. The number of anilines is 1. The highest BCUT2D eigenvalue weighted by Crippen LogP contribution is 2.36. The first-order valence-corrected chi connectivity index (χ1v) is 8.04. The van der Waals surface area contributed by atoms with E-state index >= 15 is 0 Å². The van der Waals surface area contributed by atoms with E-state index in [1.165, 1.54) is 48.4 Å². The first-order chi connectivity index (χ1) is 8.78. The van der Waals surface area contributed by atoms with Crippen LogP contribution in [0.15, 0.2) is 18.2 Å². The quantitative estimate of drug-likeness (QED) is 0.881. The summed E-state index contributed by atoms with van der Waals surface area (Å²) in [6, 6.07) is 7.74. The second kappa shape index (κ2) is 5.14. The van der Waals surface area contributed by atoms with Gasteiger partial charge in [-0.3, -0.25) is 5.32 Å². The van der Waals surface area contributed by atoms with E-state index in [1.54, 1.807) is 0 Å². The van der Waals surface area contributed by atoms with Crippen LogP contribution in [0.25, 0.3) is 0 Å². The molecule has 2 atom stereocenters. The van der Waals surface area contributed by atoms with Crippen molar-refractivity contribution in [1.82, 2.24) is 5.32 Å². The number of nitrogens with one attached hydrogen (secondary N) is 1. The Morgan fingerprint density at radius 2 is 2.33 bits per heavy atom. The molecule has 18 heavy (non-hydrogen) atoms. The van der Waals surface area contributed by atoms with Gasteiger partial charge in [0.15, 0.2) is 0 Å². The Bertz CT molecular complexity index is 433. The Kier molecular flexibility index (Phi) is 3.53. The lowest BCUT2D eigenvalue weighted by molar-refractivity contribution is 0.561. The maximum absolute atomic E-state index is 3.72. The summed E-state index contributed by atoms with van der Waals surface area (Å²) in [4.78, 5) is 2.38. The molecule has 1 saturated heterocycles. The van der Waals surface area contributed by atoms with Crippen LogP contribution in [0.1, 0.15) is 36.3 Å². The molecule has 2 heterocycles. The standard InChI is InChI=1S/C15H22N2S/c1-3-13-10-18-15(16-13)12-6-7-14-11(9-12)5-4-8-17(14)2/h6-7,9,13,15-16H,3-5,8,10H2,1-2H3. The zero-order chi connectivity index (χ0) is 12.5. The summed E-state index contributed by atoms with van der Waals surface area (Å²) in [6.07, 6.45) is 3.76. The van der Waals surface area contributed by atoms with Crippen LogP contribution in [0.4, 0.5) is 5.69 Å². The van der Waals surface area contributed by atoms with Gasteiger partial charge in [0.25, 0.3) is 0 Å². The number of benzene rings is 1. The molecular weight excluding hydrogens is 240 g/mol. The second-order valence-corrected chi connectivity index (χ2v) is 6.54. The minimum Gasteiger partial charge on any atom is -0.374 e. The molecule has 2 unspecified atom stereocenters. The van der Waals surface area contributed by atoms with Crippen LogP contribution in [-0.2, 0) is 6.42 Å². The third kappa shape index (κ3) is 2.26. The van der Waals surface area contributed by atoms with Gasteiger partial charge in [0.2, 0.25) is 0 Å². The monoisotopic (exact) mass is 262 g/mol. The number of thioether (sulfide) groups is 1. The predicted molar refractivity (Wildman–Crippen MR) is 80.4 cm³/mol. The molecule has 0 spiro atoms. The van der Waals surface area contributed by atoms with Gasteiger partial charge in [0.05, 0.1) is 5.37 Å². The van der Waals surface area contributed by atoms with E-state index in [-0.39, 0.29) is 0 Å². The van der Waals surface area contributed by atoms with Gasteiger partial charge in [-0.05, 0) is 36.5 Å². The summed E-state index contributed by atoms with van der Waals surface area (Å²) < 4.78 is 0. The van der Waals surface area contributed by atoms with Crippen LogP contribution in [0.3, 0.4) is 0 Å². The molecule has 2 aliphatic heterocycles. The van der Waals surface area contributed by atoms with Crippen molar-refractivity contribution in [2.45, 2.75) is 37.6 Å². The molecule has 2 nitrogen and oxygen atoms in total. The van der Waals surface area contributed by atoms with Crippen molar-refractivity contribution < 1.29 is 0 Å². The van der Waals surface area contributed by atoms with E-state index in [0.29, 0.717) is 11.4 Å². The Morgan fingerprint density at radius 1 is 1.44 bits per heavy atom. The average Bonchev–Trinajstić information content (AvgIpc) is 2.87. The maximum Gasteiger partial charge on any atom is 0.0792 e. The number of fused-ring (bicyclic) bond motifs is 1. The fourth-order valence-corrected chi connectivity index (χ4v) is 4.30. The fourth-order valence-electron chi connectivity index (χ4n) is 2.92. The molecule has 1 aromatic rings. The SMILES string of the molecule is CCC1CSC(c2ccc3c(c2)CCCN3C)N1. The highest BCUT2D eigenvalue weighted by Gasteiger charge is 2.25. The summed E-state index contributed by atoms with van der Waals surface area (Å²) in [5.74, 6) is 1.25. The van der Waals surface area contributed by atoms with E-state index < -0.39 is 0 Å². The molecule has 3 heteroatoms. The molecule has 0 amide bonds. The van der Waals surface area contributed by atoms with Crippen molar-refractivity contribution >= 4 is 17.4 Å². The molecule has 2 aliphatic rings. The maximum atomic E-state index is 3.72.